The molecule has 0 spiro atoms. The minimum absolute atomic E-state index is 0.00675. The molecule has 164 valence electrons. The Morgan fingerprint density at radius 2 is 2.00 bits per heavy atom. The van der Waals surface area contributed by atoms with Crippen LogP contribution in [0.25, 0.3) is 11.0 Å². The Kier molecular flexibility index (Phi) is 5.85. The van der Waals surface area contributed by atoms with E-state index in [1.165, 1.54) is 29.5 Å². The summed E-state index contributed by atoms with van der Waals surface area (Å²) >= 11 is 0. The molecule has 1 atom stereocenters. The highest BCUT2D eigenvalue weighted by molar-refractivity contribution is 7.89. The molecule has 0 fully saturated rings. The van der Waals surface area contributed by atoms with Gasteiger partial charge in [-0.15, -0.1) is 0 Å². The molecule has 0 bridgehead atoms. The zero-order chi connectivity index (χ0) is 22.2. The van der Waals surface area contributed by atoms with E-state index in [0.717, 1.165) is 24.2 Å². The minimum Gasteiger partial charge on any atom is -0.349 e. The zero-order valence-electron chi connectivity index (χ0n) is 18.1. The molecule has 1 aliphatic rings. The number of imidazole rings is 1. The first kappa shape index (κ1) is 21.5. The fourth-order valence-corrected chi connectivity index (χ4v) is 5.20. The van der Waals surface area contributed by atoms with Crippen molar-refractivity contribution in [3.05, 3.63) is 59.4 Å². The number of rotatable bonds is 7. The van der Waals surface area contributed by atoms with E-state index in [0.29, 0.717) is 24.9 Å². The summed E-state index contributed by atoms with van der Waals surface area (Å²) in [5, 5.41) is 3.16. The van der Waals surface area contributed by atoms with Crippen molar-refractivity contribution < 1.29 is 13.2 Å². The lowest BCUT2D eigenvalue weighted by Crippen LogP contribution is -2.27. The van der Waals surface area contributed by atoms with Crippen LogP contribution in [0, 0.1) is 0 Å². The van der Waals surface area contributed by atoms with E-state index < -0.39 is 10.0 Å². The van der Waals surface area contributed by atoms with Crippen molar-refractivity contribution >= 4 is 27.0 Å². The van der Waals surface area contributed by atoms with Crippen LogP contribution >= 0.6 is 0 Å². The molecule has 8 heteroatoms. The normalized spacial score (nSPS) is 16.1. The van der Waals surface area contributed by atoms with E-state index in [4.69, 9.17) is 0 Å². The fraction of sp³-hybridized carbons (Fsp3) is 0.391. The quantitative estimate of drug-likeness (QED) is 0.612. The van der Waals surface area contributed by atoms with Crippen molar-refractivity contribution in [2.45, 2.75) is 50.1 Å². The summed E-state index contributed by atoms with van der Waals surface area (Å²) in [6, 6.07) is 13.3. The van der Waals surface area contributed by atoms with Gasteiger partial charge in [0.1, 0.15) is 5.82 Å². The van der Waals surface area contributed by atoms with Crippen molar-refractivity contribution in [3.8, 4) is 0 Å². The van der Waals surface area contributed by atoms with Crippen LogP contribution in [0.5, 0.6) is 0 Å². The Labute approximate surface area is 183 Å². The summed E-state index contributed by atoms with van der Waals surface area (Å²) in [5.41, 5.74) is 4.03. The number of hydrogen-bond donors (Lipinski definition) is 1. The van der Waals surface area contributed by atoms with Crippen LogP contribution in [0.2, 0.25) is 0 Å². The first-order chi connectivity index (χ1) is 14.8. The predicted molar refractivity (Wildman–Crippen MR) is 120 cm³/mol. The van der Waals surface area contributed by atoms with Gasteiger partial charge in [0, 0.05) is 33.5 Å². The van der Waals surface area contributed by atoms with E-state index in [1.54, 1.807) is 18.2 Å². The number of nitrogens with one attached hydrogen (secondary N) is 1. The maximum Gasteiger partial charge on any atom is 0.242 e. The lowest BCUT2D eigenvalue weighted by molar-refractivity contribution is -0.121. The van der Waals surface area contributed by atoms with Crippen LogP contribution in [0.1, 0.15) is 42.8 Å². The van der Waals surface area contributed by atoms with Gasteiger partial charge < -0.3 is 9.88 Å². The molecule has 0 unspecified atom stereocenters. The second-order valence-electron chi connectivity index (χ2n) is 8.07. The molecule has 4 rings (SSSR count). The third kappa shape index (κ3) is 4.09. The molecule has 2 aromatic carbocycles. The summed E-state index contributed by atoms with van der Waals surface area (Å²) in [7, 11) is -0.501. The van der Waals surface area contributed by atoms with Gasteiger partial charge in [-0.3, -0.25) is 4.79 Å². The molecule has 7 nitrogen and oxygen atoms in total. The van der Waals surface area contributed by atoms with Crippen LogP contribution in [0.15, 0.2) is 47.4 Å². The van der Waals surface area contributed by atoms with Gasteiger partial charge in [-0.25, -0.2) is 17.7 Å². The highest BCUT2D eigenvalue weighted by Gasteiger charge is 2.24. The van der Waals surface area contributed by atoms with Gasteiger partial charge in [0.05, 0.1) is 22.0 Å². The number of sulfonamides is 1. The average Bonchev–Trinajstić information content (AvgIpc) is 3.32. The summed E-state index contributed by atoms with van der Waals surface area (Å²) in [5.74, 6) is 0.797. The van der Waals surface area contributed by atoms with Crippen molar-refractivity contribution in [1.82, 2.24) is 19.2 Å². The molecule has 31 heavy (non-hydrogen) atoms. The molecular weight excluding hydrogens is 412 g/mol. The molecule has 3 aromatic rings. The lowest BCUT2D eigenvalue weighted by atomic mass is 10.1. The SMILES string of the molecule is CCn1c(CCC(=O)N[C@@H]2CCc3ccccc32)nc2cc(S(=O)(=O)N(C)C)ccc21. The number of amides is 1. The van der Waals surface area contributed by atoms with E-state index in [2.05, 4.69) is 22.4 Å². The first-order valence-electron chi connectivity index (χ1n) is 10.6. The molecule has 0 saturated heterocycles. The smallest absolute Gasteiger partial charge is 0.242 e. The zero-order valence-corrected chi connectivity index (χ0v) is 18.9. The topological polar surface area (TPSA) is 84.3 Å². The van der Waals surface area contributed by atoms with Gasteiger partial charge in [0.2, 0.25) is 15.9 Å². The third-order valence-corrected chi connectivity index (χ3v) is 7.75. The second-order valence-corrected chi connectivity index (χ2v) is 10.2. The highest BCUT2D eigenvalue weighted by Crippen LogP contribution is 2.30. The lowest BCUT2D eigenvalue weighted by Gasteiger charge is -2.14. The van der Waals surface area contributed by atoms with E-state index in [1.807, 2.05) is 23.6 Å². The van der Waals surface area contributed by atoms with E-state index >= 15 is 0 Å². The van der Waals surface area contributed by atoms with Gasteiger partial charge >= 0.3 is 0 Å². The summed E-state index contributed by atoms with van der Waals surface area (Å²) in [6.45, 7) is 2.72. The number of benzene rings is 2. The summed E-state index contributed by atoms with van der Waals surface area (Å²) in [4.78, 5) is 17.5. The molecule has 1 N–H and O–H groups in total. The van der Waals surface area contributed by atoms with Gasteiger partial charge in [-0.05, 0) is 49.1 Å². The van der Waals surface area contributed by atoms with Crippen molar-refractivity contribution in [3.63, 3.8) is 0 Å². The second kappa shape index (κ2) is 8.43. The van der Waals surface area contributed by atoms with Crippen LogP contribution in [0.3, 0.4) is 0 Å². The minimum atomic E-state index is -3.52. The molecule has 1 heterocycles. The number of hydrogen-bond acceptors (Lipinski definition) is 4. The molecule has 1 aromatic heterocycles. The van der Waals surface area contributed by atoms with Gasteiger partial charge in [-0.1, -0.05) is 24.3 Å². The Hall–Kier alpha value is -2.71. The predicted octanol–water partition coefficient (Wildman–Crippen LogP) is 3.04. The maximum atomic E-state index is 12.6. The number of carbonyl (C=O) groups excluding carboxylic acids is 1. The number of aryl methyl sites for hydroxylation is 3. The van der Waals surface area contributed by atoms with Crippen molar-refractivity contribution in [2.24, 2.45) is 0 Å². The molecule has 0 saturated carbocycles. The Bertz CT molecular complexity index is 1230. The fourth-order valence-electron chi connectivity index (χ4n) is 4.27. The first-order valence-corrected chi connectivity index (χ1v) is 12.0. The number of nitrogens with zero attached hydrogens (tertiary/aromatic N) is 3. The molecule has 0 aliphatic heterocycles. The maximum absolute atomic E-state index is 12.6. The van der Waals surface area contributed by atoms with Gasteiger partial charge in [0.25, 0.3) is 0 Å². The Morgan fingerprint density at radius 3 is 2.74 bits per heavy atom. The van der Waals surface area contributed by atoms with Crippen LogP contribution < -0.4 is 5.32 Å². The third-order valence-electron chi connectivity index (χ3n) is 5.94. The average molecular weight is 441 g/mol. The van der Waals surface area contributed by atoms with E-state index in [-0.39, 0.29) is 16.8 Å². The largest absolute Gasteiger partial charge is 0.349 e. The standard InChI is InChI=1S/C23H28N4O3S/c1-4-27-21-12-10-17(31(29,30)26(2)3)15-20(21)24-22(27)13-14-23(28)25-19-11-9-16-7-5-6-8-18(16)19/h5-8,10,12,15,19H,4,9,11,13-14H2,1-3H3,(H,25,28)/t19-/m1/s1. The van der Waals surface area contributed by atoms with Crippen molar-refractivity contribution in [1.29, 1.82) is 0 Å². The number of aromatic nitrogens is 2. The van der Waals surface area contributed by atoms with Gasteiger partial charge in [-0.2, -0.15) is 0 Å². The summed E-state index contributed by atoms with van der Waals surface area (Å²) in [6.07, 6.45) is 2.76. The monoisotopic (exact) mass is 440 g/mol. The van der Waals surface area contributed by atoms with Crippen LogP contribution in [0.4, 0.5) is 0 Å². The van der Waals surface area contributed by atoms with Crippen molar-refractivity contribution in [2.75, 3.05) is 14.1 Å². The Balaban J connectivity index is 1.50. The van der Waals surface area contributed by atoms with Gasteiger partial charge in [0.15, 0.2) is 0 Å². The number of carbonyl (C=O) groups is 1. The van der Waals surface area contributed by atoms with E-state index in [9.17, 15) is 13.2 Å². The molecule has 1 amide bonds. The molecule has 1 aliphatic carbocycles. The Morgan fingerprint density at radius 1 is 1.23 bits per heavy atom. The molecule has 0 radical (unpaired) electrons. The van der Waals surface area contributed by atoms with Crippen LogP contribution in [-0.4, -0.2) is 42.3 Å². The number of fused-ring (bicyclic) bond motifs is 2. The summed E-state index contributed by atoms with van der Waals surface area (Å²) < 4.78 is 28.1. The van der Waals surface area contributed by atoms with Crippen LogP contribution in [-0.2, 0) is 34.2 Å². The molecular formula is C23H28N4O3S. The highest BCUT2D eigenvalue weighted by atomic mass is 32.2.